The van der Waals surface area contributed by atoms with Gasteiger partial charge in [-0.2, -0.15) is 0 Å². The van der Waals surface area contributed by atoms with E-state index in [0.717, 1.165) is 0 Å². The van der Waals surface area contributed by atoms with Crippen molar-refractivity contribution in [2.45, 2.75) is 58.2 Å². The lowest BCUT2D eigenvalue weighted by Crippen LogP contribution is -2.50. The number of rotatable bonds is 3. The molecule has 102 valence electrons. The third-order valence-electron chi connectivity index (χ3n) is 3.90. The minimum atomic E-state index is 0.324. The van der Waals surface area contributed by atoms with Gasteiger partial charge in [-0.3, -0.25) is 4.90 Å². The molecule has 0 saturated carbocycles. The summed E-state index contributed by atoms with van der Waals surface area (Å²) in [5.41, 5.74) is 0.324. The molecule has 3 heteroatoms. The highest BCUT2D eigenvalue weighted by Gasteiger charge is 2.27. The third-order valence-corrected chi connectivity index (χ3v) is 4.95. The standard InChI is InChI=1S/C15H26N2S/c1-12(14-6-5-11-18-14)16-13-7-9-17(10-8-13)15(2,3)4/h5-6,11-13,16H,7-10H2,1-4H3. The lowest BCUT2D eigenvalue weighted by atomic mass is 9.97. The molecule has 1 N–H and O–H groups in total. The predicted molar refractivity (Wildman–Crippen MR) is 80.2 cm³/mol. The summed E-state index contributed by atoms with van der Waals surface area (Å²) in [5.74, 6) is 0. The topological polar surface area (TPSA) is 15.3 Å². The van der Waals surface area contributed by atoms with Crippen molar-refractivity contribution in [2.75, 3.05) is 13.1 Å². The average molecular weight is 266 g/mol. The summed E-state index contributed by atoms with van der Waals surface area (Å²) < 4.78 is 0. The molecular formula is C15H26N2S. The molecule has 2 rings (SSSR count). The summed E-state index contributed by atoms with van der Waals surface area (Å²) in [6, 6.07) is 5.55. The van der Waals surface area contributed by atoms with Crippen LogP contribution in [0, 0.1) is 0 Å². The number of thiophene rings is 1. The van der Waals surface area contributed by atoms with E-state index in [4.69, 9.17) is 0 Å². The Morgan fingerprint density at radius 2 is 2.00 bits per heavy atom. The van der Waals surface area contributed by atoms with E-state index in [2.05, 4.69) is 55.4 Å². The number of hydrogen-bond acceptors (Lipinski definition) is 3. The third kappa shape index (κ3) is 3.56. The molecule has 1 aromatic heterocycles. The van der Waals surface area contributed by atoms with Gasteiger partial charge in [-0.1, -0.05) is 6.07 Å². The number of nitrogens with one attached hydrogen (secondary N) is 1. The van der Waals surface area contributed by atoms with Crippen LogP contribution >= 0.6 is 11.3 Å². The van der Waals surface area contributed by atoms with Crippen LogP contribution in [0.1, 0.15) is 51.5 Å². The first-order chi connectivity index (χ1) is 8.47. The van der Waals surface area contributed by atoms with Crippen LogP contribution in [0.2, 0.25) is 0 Å². The first kappa shape index (κ1) is 14.0. The smallest absolute Gasteiger partial charge is 0.0388 e. The minimum Gasteiger partial charge on any atom is -0.307 e. The van der Waals surface area contributed by atoms with Gasteiger partial charge in [0.1, 0.15) is 0 Å². The van der Waals surface area contributed by atoms with E-state index in [1.165, 1.54) is 30.8 Å². The lowest BCUT2D eigenvalue weighted by molar-refractivity contribution is 0.0943. The number of nitrogens with zero attached hydrogens (tertiary/aromatic N) is 1. The highest BCUT2D eigenvalue weighted by atomic mass is 32.1. The zero-order chi connectivity index (χ0) is 13.2. The van der Waals surface area contributed by atoms with Crippen LogP contribution < -0.4 is 5.32 Å². The van der Waals surface area contributed by atoms with Crippen molar-refractivity contribution in [1.82, 2.24) is 10.2 Å². The maximum absolute atomic E-state index is 3.78. The molecular weight excluding hydrogens is 240 g/mol. The molecule has 1 saturated heterocycles. The van der Waals surface area contributed by atoms with Gasteiger partial charge in [0, 0.05) is 35.6 Å². The second-order valence-electron chi connectivity index (χ2n) is 6.34. The highest BCUT2D eigenvalue weighted by molar-refractivity contribution is 7.10. The monoisotopic (exact) mass is 266 g/mol. The molecule has 1 aliphatic heterocycles. The predicted octanol–water partition coefficient (Wildman–Crippen LogP) is 3.66. The summed E-state index contributed by atoms with van der Waals surface area (Å²) in [7, 11) is 0. The Labute approximate surface area is 115 Å². The lowest BCUT2D eigenvalue weighted by Gasteiger charge is -2.41. The van der Waals surface area contributed by atoms with E-state index >= 15 is 0 Å². The van der Waals surface area contributed by atoms with E-state index in [0.29, 0.717) is 17.6 Å². The molecule has 1 aliphatic rings. The Bertz CT molecular complexity index is 345. The Kier molecular flexibility index (Phi) is 4.46. The fourth-order valence-corrected chi connectivity index (χ4v) is 3.43. The fourth-order valence-electron chi connectivity index (χ4n) is 2.69. The Morgan fingerprint density at radius 3 is 2.50 bits per heavy atom. The van der Waals surface area contributed by atoms with Gasteiger partial charge in [0.15, 0.2) is 0 Å². The van der Waals surface area contributed by atoms with Crippen molar-refractivity contribution in [3.63, 3.8) is 0 Å². The minimum absolute atomic E-state index is 0.324. The molecule has 1 atom stereocenters. The van der Waals surface area contributed by atoms with Gasteiger partial charge in [0.05, 0.1) is 0 Å². The molecule has 0 aromatic carbocycles. The highest BCUT2D eigenvalue weighted by Crippen LogP contribution is 2.23. The fraction of sp³-hybridized carbons (Fsp3) is 0.733. The van der Waals surface area contributed by atoms with Crippen LogP contribution in [-0.2, 0) is 0 Å². The van der Waals surface area contributed by atoms with Gasteiger partial charge in [-0.15, -0.1) is 11.3 Å². The molecule has 0 bridgehead atoms. The molecule has 0 aliphatic carbocycles. The number of likely N-dealkylation sites (tertiary alicyclic amines) is 1. The zero-order valence-corrected chi connectivity index (χ0v) is 12.9. The van der Waals surface area contributed by atoms with E-state index in [1.54, 1.807) is 0 Å². The molecule has 1 fully saturated rings. The number of piperidine rings is 1. The van der Waals surface area contributed by atoms with Crippen LogP contribution in [0.25, 0.3) is 0 Å². The van der Waals surface area contributed by atoms with Crippen molar-refractivity contribution in [1.29, 1.82) is 0 Å². The van der Waals surface area contributed by atoms with Crippen molar-refractivity contribution in [3.8, 4) is 0 Å². The molecule has 1 aromatic rings. The normalized spacial score (nSPS) is 21.1. The van der Waals surface area contributed by atoms with Crippen LogP contribution in [0.4, 0.5) is 0 Å². The Morgan fingerprint density at radius 1 is 1.33 bits per heavy atom. The maximum Gasteiger partial charge on any atom is 0.0388 e. The zero-order valence-electron chi connectivity index (χ0n) is 12.1. The SMILES string of the molecule is CC(NC1CCN(C(C)(C)C)CC1)c1cccs1. The molecule has 2 heterocycles. The molecule has 18 heavy (non-hydrogen) atoms. The van der Waals surface area contributed by atoms with E-state index < -0.39 is 0 Å². The van der Waals surface area contributed by atoms with Gasteiger partial charge >= 0.3 is 0 Å². The molecule has 0 radical (unpaired) electrons. The first-order valence-corrected chi connectivity index (χ1v) is 7.89. The van der Waals surface area contributed by atoms with Crippen LogP contribution in [0.15, 0.2) is 17.5 Å². The van der Waals surface area contributed by atoms with E-state index in [9.17, 15) is 0 Å². The largest absolute Gasteiger partial charge is 0.307 e. The average Bonchev–Trinajstić information content (AvgIpc) is 2.82. The molecule has 1 unspecified atom stereocenters. The van der Waals surface area contributed by atoms with Gasteiger partial charge in [-0.25, -0.2) is 0 Å². The van der Waals surface area contributed by atoms with Crippen molar-refractivity contribution >= 4 is 11.3 Å². The van der Waals surface area contributed by atoms with Gasteiger partial charge < -0.3 is 5.32 Å². The number of hydrogen-bond donors (Lipinski definition) is 1. The first-order valence-electron chi connectivity index (χ1n) is 7.01. The molecule has 2 nitrogen and oxygen atoms in total. The van der Waals surface area contributed by atoms with Crippen LogP contribution in [0.5, 0.6) is 0 Å². The summed E-state index contributed by atoms with van der Waals surface area (Å²) in [6.45, 7) is 11.7. The van der Waals surface area contributed by atoms with Crippen molar-refractivity contribution in [2.24, 2.45) is 0 Å². The quantitative estimate of drug-likeness (QED) is 0.898. The van der Waals surface area contributed by atoms with E-state index in [-0.39, 0.29) is 0 Å². The Hall–Kier alpha value is -0.380. The van der Waals surface area contributed by atoms with Crippen molar-refractivity contribution < 1.29 is 0 Å². The Balaban J connectivity index is 1.80. The molecule has 0 amide bonds. The summed E-state index contributed by atoms with van der Waals surface area (Å²) in [4.78, 5) is 4.05. The summed E-state index contributed by atoms with van der Waals surface area (Å²) in [6.07, 6.45) is 2.54. The summed E-state index contributed by atoms with van der Waals surface area (Å²) >= 11 is 1.85. The molecule has 0 spiro atoms. The summed E-state index contributed by atoms with van der Waals surface area (Å²) in [5, 5.41) is 5.94. The maximum atomic E-state index is 3.78. The van der Waals surface area contributed by atoms with Crippen LogP contribution in [0.3, 0.4) is 0 Å². The van der Waals surface area contributed by atoms with Crippen LogP contribution in [-0.4, -0.2) is 29.6 Å². The second kappa shape index (κ2) is 5.72. The van der Waals surface area contributed by atoms with Crippen molar-refractivity contribution in [3.05, 3.63) is 22.4 Å². The van der Waals surface area contributed by atoms with E-state index in [1.807, 2.05) is 11.3 Å². The van der Waals surface area contributed by atoms with Gasteiger partial charge in [0.25, 0.3) is 0 Å². The van der Waals surface area contributed by atoms with Gasteiger partial charge in [-0.05, 0) is 52.0 Å². The second-order valence-corrected chi connectivity index (χ2v) is 7.32. The van der Waals surface area contributed by atoms with Gasteiger partial charge in [0.2, 0.25) is 0 Å².